The van der Waals surface area contributed by atoms with Crippen LogP contribution in [0.15, 0.2) is 29.0 Å². The number of likely N-dealkylation sites (N-methyl/N-ethyl adjacent to an activating group) is 1. The number of halogens is 2. The molecule has 7 heteroatoms. The minimum absolute atomic E-state index is 0.0340. The van der Waals surface area contributed by atoms with Gasteiger partial charge in [-0.15, -0.1) is 0 Å². The van der Waals surface area contributed by atoms with E-state index < -0.39 is 12.2 Å². The van der Waals surface area contributed by atoms with E-state index in [9.17, 15) is 13.6 Å². The Labute approximate surface area is 163 Å². The molecule has 0 aromatic carbocycles. The van der Waals surface area contributed by atoms with Crippen molar-refractivity contribution in [3.05, 3.63) is 24.0 Å². The van der Waals surface area contributed by atoms with Crippen LogP contribution in [0, 0.1) is 29.1 Å². The summed E-state index contributed by atoms with van der Waals surface area (Å²) in [6, 6.07) is 0. The van der Waals surface area contributed by atoms with Crippen molar-refractivity contribution >= 4 is 11.9 Å². The second-order valence-corrected chi connectivity index (χ2v) is 9.48. The number of nitrogens with two attached hydrogens (primary N) is 1. The standard InChI is InChI=1S/C21H27F2N3O2/c1-26-17(27)21(25-19(26)24,15-2-4-16(5-3-15)28-18(22)23)20-9-12-6-13(10-20)8-14(7-12)11-20/h2,4-5,12-15,18H,3,6-11H2,1H3,(H2,24,25)/t12?,13?,14?,15?,20?,21-/m0/s1. The summed E-state index contributed by atoms with van der Waals surface area (Å²) in [5.41, 5.74) is 5.05. The summed E-state index contributed by atoms with van der Waals surface area (Å²) in [5.74, 6) is 2.20. The lowest BCUT2D eigenvalue weighted by atomic mass is 9.42. The summed E-state index contributed by atoms with van der Waals surface area (Å²) < 4.78 is 29.7. The lowest BCUT2D eigenvalue weighted by Gasteiger charge is -2.62. The van der Waals surface area contributed by atoms with Crippen LogP contribution in [0.25, 0.3) is 0 Å². The number of alkyl halides is 2. The SMILES string of the molecule is CN1C(=O)[C@@](C2C=CC(OC(F)F)=CC2)(C23CC4CC(CC(C4)C2)C3)N=C1N. The smallest absolute Gasteiger partial charge is 0.387 e. The van der Waals surface area contributed by atoms with Gasteiger partial charge < -0.3 is 10.5 Å². The van der Waals surface area contributed by atoms with Crippen LogP contribution < -0.4 is 5.73 Å². The average molecular weight is 391 g/mol. The topological polar surface area (TPSA) is 67.9 Å². The van der Waals surface area contributed by atoms with Gasteiger partial charge in [-0.1, -0.05) is 6.08 Å². The highest BCUT2D eigenvalue weighted by molar-refractivity contribution is 6.07. The van der Waals surface area contributed by atoms with E-state index in [-0.39, 0.29) is 29.0 Å². The fraction of sp³-hybridized carbons (Fsp3) is 0.714. The number of amides is 1. The first-order valence-electron chi connectivity index (χ1n) is 10.3. The summed E-state index contributed by atoms with van der Waals surface area (Å²) in [5, 5.41) is 0. The third kappa shape index (κ3) is 2.40. The maximum atomic E-state index is 13.6. The molecule has 5 nitrogen and oxygen atoms in total. The highest BCUT2D eigenvalue weighted by atomic mass is 19.3. The van der Waals surface area contributed by atoms with Gasteiger partial charge in [-0.25, -0.2) is 4.99 Å². The van der Waals surface area contributed by atoms with Crippen molar-refractivity contribution < 1.29 is 18.3 Å². The molecule has 0 spiro atoms. The van der Waals surface area contributed by atoms with Gasteiger partial charge >= 0.3 is 6.61 Å². The van der Waals surface area contributed by atoms with Gasteiger partial charge in [0, 0.05) is 18.4 Å². The Morgan fingerprint density at radius 2 is 1.82 bits per heavy atom. The number of hydrogen-bond donors (Lipinski definition) is 1. The lowest BCUT2D eigenvalue weighted by molar-refractivity contribution is -0.152. The molecule has 4 bridgehead atoms. The second kappa shape index (κ2) is 6.04. The van der Waals surface area contributed by atoms with Crippen LogP contribution in [0.2, 0.25) is 0 Å². The molecule has 6 aliphatic rings. The van der Waals surface area contributed by atoms with Gasteiger partial charge in [0.1, 0.15) is 5.76 Å². The summed E-state index contributed by atoms with van der Waals surface area (Å²) in [6.07, 6.45) is 12.4. The van der Waals surface area contributed by atoms with Crippen molar-refractivity contribution in [1.82, 2.24) is 4.90 Å². The van der Waals surface area contributed by atoms with Gasteiger partial charge in [0.2, 0.25) is 0 Å². The largest absolute Gasteiger partial charge is 0.435 e. The molecule has 152 valence electrons. The van der Waals surface area contributed by atoms with E-state index >= 15 is 0 Å². The number of allylic oxidation sites excluding steroid dienone is 2. The molecule has 5 aliphatic carbocycles. The van der Waals surface area contributed by atoms with Crippen LogP contribution in [-0.2, 0) is 9.53 Å². The first-order valence-corrected chi connectivity index (χ1v) is 10.3. The Kier molecular flexibility index (Phi) is 3.91. The zero-order valence-corrected chi connectivity index (χ0v) is 16.1. The van der Waals surface area contributed by atoms with Crippen LogP contribution in [0.4, 0.5) is 8.78 Å². The fourth-order valence-electron chi connectivity index (χ4n) is 7.32. The number of ether oxygens (including phenoxy) is 1. The molecule has 6 rings (SSSR count). The van der Waals surface area contributed by atoms with E-state index in [0.717, 1.165) is 19.3 Å². The Morgan fingerprint density at radius 3 is 2.25 bits per heavy atom. The van der Waals surface area contributed by atoms with E-state index in [4.69, 9.17) is 10.7 Å². The quantitative estimate of drug-likeness (QED) is 0.798. The summed E-state index contributed by atoms with van der Waals surface area (Å²) in [4.78, 5) is 20.0. The van der Waals surface area contributed by atoms with Crippen LogP contribution in [-0.4, -0.2) is 36.0 Å². The van der Waals surface area contributed by atoms with Gasteiger partial charge in [0.15, 0.2) is 11.5 Å². The molecule has 28 heavy (non-hydrogen) atoms. The number of carbonyl (C=O) groups is 1. The van der Waals surface area contributed by atoms with Gasteiger partial charge in [-0.05, 0) is 74.9 Å². The van der Waals surface area contributed by atoms with Crippen molar-refractivity contribution in [2.75, 3.05) is 7.05 Å². The first kappa shape index (κ1) is 18.1. The number of rotatable bonds is 4. The van der Waals surface area contributed by atoms with Crippen molar-refractivity contribution in [2.24, 2.45) is 39.8 Å². The van der Waals surface area contributed by atoms with E-state index in [1.165, 1.54) is 24.2 Å². The maximum Gasteiger partial charge on any atom is 0.387 e. The molecule has 1 unspecified atom stereocenters. The summed E-state index contributed by atoms with van der Waals surface area (Å²) >= 11 is 0. The minimum atomic E-state index is -2.85. The van der Waals surface area contributed by atoms with Crippen molar-refractivity contribution in [1.29, 1.82) is 0 Å². The van der Waals surface area contributed by atoms with Crippen molar-refractivity contribution in [3.63, 3.8) is 0 Å². The molecule has 1 aliphatic heterocycles. The van der Waals surface area contributed by atoms with Gasteiger partial charge in [-0.2, -0.15) is 8.78 Å². The third-order valence-electron chi connectivity index (χ3n) is 7.94. The number of hydrogen-bond acceptors (Lipinski definition) is 4. The molecule has 2 atom stereocenters. The molecule has 0 aromatic heterocycles. The first-order chi connectivity index (χ1) is 13.3. The van der Waals surface area contributed by atoms with E-state index in [1.54, 1.807) is 19.2 Å². The van der Waals surface area contributed by atoms with Crippen LogP contribution in [0.3, 0.4) is 0 Å². The van der Waals surface area contributed by atoms with Crippen molar-refractivity contribution in [3.8, 4) is 0 Å². The number of guanidine groups is 1. The Balaban J connectivity index is 1.55. The molecular weight excluding hydrogens is 364 g/mol. The van der Waals surface area contributed by atoms with Gasteiger partial charge in [0.05, 0.1) is 0 Å². The molecule has 1 heterocycles. The van der Waals surface area contributed by atoms with Gasteiger partial charge in [-0.3, -0.25) is 9.69 Å². The number of nitrogens with zero attached hydrogens (tertiary/aromatic N) is 2. The van der Waals surface area contributed by atoms with E-state index in [1.807, 2.05) is 6.08 Å². The molecule has 0 saturated heterocycles. The van der Waals surface area contributed by atoms with E-state index in [2.05, 4.69) is 4.74 Å². The highest BCUT2D eigenvalue weighted by Gasteiger charge is 2.68. The maximum absolute atomic E-state index is 13.6. The average Bonchev–Trinajstić information content (AvgIpc) is 2.86. The zero-order chi connectivity index (χ0) is 19.7. The van der Waals surface area contributed by atoms with Gasteiger partial charge in [0.25, 0.3) is 5.91 Å². The third-order valence-corrected chi connectivity index (χ3v) is 7.94. The number of carbonyl (C=O) groups excluding carboxylic acids is 1. The summed E-state index contributed by atoms with van der Waals surface area (Å²) in [6.45, 7) is -2.85. The predicted molar refractivity (Wildman–Crippen MR) is 100 cm³/mol. The molecule has 4 fully saturated rings. The Bertz CT molecular complexity index is 755. The number of aliphatic imine (C=N–C) groups is 1. The lowest BCUT2D eigenvalue weighted by Crippen LogP contribution is -2.64. The van der Waals surface area contributed by atoms with Crippen LogP contribution in [0.5, 0.6) is 0 Å². The normalized spacial score (nSPS) is 44.3. The molecule has 0 aromatic rings. The van der Waals surface area contributed by atoms with Crippen LogP contribution >= 0.6 is 0 Å². The minimum Gasteiger partial charge on any atom is -0.435 e. The Morgan fingerprint density at radius 1 is 1.21 bits per heavy atom. The van der Waals surface area contributed by atoms with Crippen LogP contribution in [0.1, 0.15) is 44.9 Å². The molecule has 4 saturated carbocycles. The Hall–Kier alpha value is -1.92. The summed E-state index contributed by atoms with van der Waals surface area (Å²) in [7, 11) is 1.69. The second-order valence-electron chi connectivity index (χ2n) is 9.48. The molecule has 1 amide bonds. The predicted octanol–water partition coefficient (Wildman–Crippen LogP) is 3.43. The fourth-order valence-corrected chi connectivity index (χ4v) is 7.32. The van der Waals surface area contributed by atoms with Crippen molar-refractivity contribution in [2.45, 2.75) is 57.1 Å². The molecule has 2 N–H and O–H groups in total. The zero-order valence-electron chi connectivity index (χ0n) is 16.1. The monoisotopic (exact) mass is 391 g/mol. The van der Waals surface area contributed by atoms with E-state index in [0.29, 0.717) is 24.2 Å². The highest BCUT2D eigenvalue weighted by Crippen LogP contribution is 2.67. The molecule has 0 radical (unpaired) electrons. The molecular formula is C21H27F2N3O2.